The zero-order valence-corrected chi connectivity index (χ0v) is 9.67. The molecule has 0 saturated carbocycles. The molecule has 0 aliphatic carbocycles. The highest BCUT2D eigenvalue weighted by atomic mass is 15.0. The van der Waals surface area contributed by atoms with Gasteiger partial charge in [0.1, 0.15) is 0 Å². The summed E-state index contributed by atoms with van der Waals surface area (Å²) in [6, 6.07) is 6.20. The van der Waals surface area contributed by atoms with Crippen molar-refractivity contribution in [1.82, 2.24) is 4.57 Å². The van der Waals surface area contributed by atoms with Gasteiger partial charge in [0.15, 0.2) is 0 Å². The summed E-state index contributed by atoms with van der Waals surface area (Å²) in [5.41, 5.74) is 10.8. The van der Waals surface area contributed by atoms with Crippen molar-refractivity contribution in [3.8, 4) is 0 Å². The SMILES string of the molecule is CCc1c(C)n(CC)c2ccc(N)cc12. The topological polar surface area (TPSA) is 30.9 Å². The zero-order chi connectivity index (χ0) is 11.0. The minimum atomic E-state index is 0.852. The fourth-order valence-corrected chi connectivity index (χ4v) is 2.42. The number of nitrogen functional groups attached to an aromatic ring is 1. The molecule has 2 aromatic rings. The normalized spacial score (nSPS) is 11.1. The summed E-state index contributed by atoms with van der Waals surface area (Å²) in [4.78, 5) is 0. The van der Waals surface area contributed by atoms with Gasteiger partial charge in [-0.3, -0.25) is 0 Å². The average molecular weight is 202 g/mol. The van der Waals surface area contributed by atoms with Crippen LogP contribution in [0.1, 0.15) is 25.1 Å². The van der Waals surface area contributed by atoms with E-state index in [1.807, 2.05) is 6.07 Å². The fraction of sp³-hybridized carbons (Fsp3) is 0.385. The molecule has 80 valence electrons. The Hall–Kier alpha value is -1.44. The van der Waals surface area contributed by atoms with Crippen molar-refractivity contribution in [2.45, 2.75) is 33.7 Å². The average Bonchev–Trinajstić information content (AvgIpc) is 2.48. The van der Waals surface area contributed by atoms with E-state index < -0.39 is 0 Å². The molecule has 0 bridgehead atoms. The first kappa shape index (κ1) is 10.1. The van der Waals surface area contributed by atoms with E-state index in [0.717, 1.165) is 18.7 Å². The number of hydrogen-bond donors (Lipinski definition) is 1. The van der Waals surface area contributed by atoms with E-state index in [4.69, 9.17) is 5.73 Å². The first-order chi connectivity index (χ1) is 7.19. The molecule has 1 aromatic heterocycles. The predicted octanol–water partition coefficient (Wildman–Crippen LogP) is 3.11. The van der Waals surface area contributed by atoms with Crippen LogP contribution in [0.5, 0.6) is 0 Å². The molecule has 2 rings (SSSR count). The number of fused-ring (bicyclic) bond motifs is 1. The van der Waals surface area contributed by atoms with Gasteiger partial charge in [0, 0.05) is 28.8 Å². The van der Waals surface area contributed by atoms with Crippen molar-refractivity contribution >= 4 is 16.6 Å². The summed E-state index contributed by atoms with van der Waals surface area (Å²) in [6.45, 7) is 7.60. The number of nitrogens with zero attached hydrogens (tertiary/aromatic N) is 1. The quantitative estimate of drug-likeness (QED) is 0.745. The Morgan fingerprint density at radius 2 is 2.00 bits per heavy atom. The van der Waals surface area contributed by atoms with Crippen molar-refractivity contribution in [2.24, 2.45) is 0 Å². The molecule has 0 spiro atoms. The Morgan fingerprint density at radius 3 is 2.60 bits per heavy atom. The fourth-order valence-electron chi connectivity index (χ4n) is 2.42. The van der Waals surface area contributed by atoms with Crippen LogP contribution >= 0.6 is 0 Å². The van der Waals surface area contributed by atoms with Crippen molar-refractivity contribution in [1.29, 1.82) is 0 Å². The highest BCUT2D eigenvalue weighted by Gasteiger charge is 2.11. The Morgan fingerprint density at radius 1 is 1.27 bits per heavy atom. The van der Waals surface area contributed by atoms with Gasteiger partial charge in [0.25, 0.3) is 0 Å². The van der Waals surface area contributed by atoms with E-state index in [1.54, 1.807) is 0 Å². The van der Waals surface area contributed by atoms with Gasteiger partial charge in [0.2, 0.25) is 0 Å². The second-order valence-corrected chi connectivity index (χ2v) is 3.94. The molecule has 0 aliphatic heterocycles. The molecule has 15 heavy (non-hydrogen) atoms. The van der Waals surface area contributed by atoms with Crippen LogP contribution in [0.15, 0.2) is 18.2 Å². The van der Waals surface area contributed by atoms with Gasteiger partial charge in [-0.15, -0.1) is 0 Å². The van der Waals surface area contributed by atoms with Crippen LogP contribution < -0.4 is 5.73 Å². The van der Waals surface area contributed by atoms with Gasteiger partial charge in [0.05, 0.1) is 0 Å². The number of rotatable bonds is 2. The molecule has 0 aliphatic rings. The lowest BCUT2D eigenvalue weighted by Crippen LogP contribution is -1.96. The van der Waals surface area contributed by atoms with E-state index in [2.05, 4.69) is 37.5 Å². The molecule has 0 amide bonds. The van der Waals surface area contributed by atoms with Gasteiger partial charge in [-0.25, -0.2) is 0 Å². The van der Waals surface area contributed by atoms with Crippen LogP contribution in [0, 0.1) is 6.92 Å². The van der Waals surface area contributed by atoms with Gasteiger partial charge in [-0.2, -0.15) is 0 Å². The van der Waals surface area contributed by atoms with Gasteiger partial charge in [-0.05, 0) is 44.0 Å². The molecule has 0 unspecified atom stereocenters. The third-order valence-electron chi connectivity index (χ3n) is 3.15. The third kappa shape index (κ3) is 1.41. The van der Waals surface area contributed by atoms with Crippen LogP contribution in [0.4, 0.5) is 5.69 Å². The van der Waals surface area contributed by atoms with Crippen molar-refractivity contribution < 1.29 is 0 Å². The number of aromatic nitrogens is 1. The predicted molar refractivity (Wildman–Crippen MR) is 66.1 cm³/mol. The summed E-state index contributed by atoms with van der Waals surface area (Å²) >= 11 is 0. The number of aryl methyl sites for hydroxylation is 2. The number of nitrogens with two attached hydrogens (primary N) is 1. The Balaban J connectivity index is 2.85. The number of benzene rings is 1. The second-order valence-electron chi connectivity index (χ2n) is 3.94. The van der Waals surface area contributed by atoms with Gasteiger partial charge < -0.3 is 10.3 Å². The van der Waals surface area contributed by atoms with Crippen LogP contribution in [0.25, 0.3) is 10.9 Å². The number of anilines is 1. The minimum absolute atomic E-state index is 0.852. The van der Waals surface area contributed by atoms with Crippen LogP contribution in [-0.2, 0) is 13.0 Å². The summed E-state index contributed by atoms with van der Waals surface area (Å²) in [5, 5.41) is 1.32. The van der Waals surface area contributed by atoms with E-state index >= 15 is 0 Å². The Bertz CT molecular complexity index is 495. The van der Waals surface area contributed by atoms with E-state index in [-0.39, 0.29) is 0 Å². The molecule has 2 nitrogen and oxygen atoms in total. The zero-order valence-electron chi connectivity index (χ0n) is 9.67. The first-order valence-electron chi connectivity index (χ1n) is 5.56. The second kappa shape index (κ2) is 3.61. The maximum atomic E-state index is 5.84. The van der Waals surface area contributed by atoms with E-state index in [9.17, 15) is 0 Å². The van der Waals surface area contributed by atoms with Crippen molar-refractivity contribution in [3.63, 3.8) is 0 Å². The van der Waals surface area contributed by atoms with E-state index in [0.29, 0.717) is 0 Å². The molecular formula is C13H18N2. The Kier molecular flexibility index (Phi) is 2.43. The lowest BCUT2D eigenvalue weighted by Gasteiger charge is -2.03. The highest BCUT2D eigenvalue weighted by Crippen LogP contribution is 2.27. The Labute approximate surface area is 90.7 Å². The lowest BCUT2D eigenvalue weighted by atomic mass is 10.1. The largest absolute Gasteiger partial charge is 0.399 e. The lowest BCUT2D eigenvalue weighted by molar-refractivity contribution is 0.763. The van der Waals surface area contributed by atoms with Gasteiger partial charge >= 0.3 is 0 Å². The molecule has 0 radical (unpaired) electrons. The minimum Gasteiger partial charge on any atom is -0.399 e. The molecule has 0 atom stereocenters. The van der Waals surface area contributed by atoms with E-state index in [1.165, 1.54) is 22.2 Å². The van der Waals surface area contributed by atoms with Crippen LogP contribution in [0.2, 0.25) is 0 Å². The van der Waals surface area contributed by atoms with Crippen LogP contribution in [0.3, 0.4) is 0 Å². The molecule has 1 heterocycles. The maximum absolute atomic E-state index is 5.84. The summed E-state index contributed by atoms with van der Waals surface area (Å²) < 4.78 is 2.35. The molecule has 2 N–H and O–H groups in total. The summed E-state index contributed by atoms with van der Waals surface area (Å²) in [5.74, 6) is 0. The molecule has 0 fully saturated rings. The summed E-state index contributed by atoms with van der Waals surface area (Å²) in [6.07, 6.45) is 1.07. The third-order valence-corrected chi connectivity index (χ3v) is 3.15. The van der Waals surface area contributed by atoms with Gasteiger partial charge in [-0.1, -0.05) is 6.92 Å². The highest BCUT2D eigenvalue weighted by molar-refractivity contribution is 5.88. The smallest absolute Gasteiger partial charge is 0.0486 e. The van der Waals surface area contributed by atoms with Crippen molar-refractivity contribution in [2.75, 3.05) is 5.73 Å². The summed E-state index contributed by atoms with van der Waals surface area (Å²) in [7, 11) is 0. The van der Waals surface area contributed by atoms with Crippen LogP contribution in [-0.4, -0.2) is 4.57 Å². The standard InChI is InChI=1S/C13H18N2/c1-4-11-9(3)15(5-2)13-7-6-10(14)8-12(11)13/h6-8H,4-5,14H2,1-3H3. The molecular weight excluding hydrogens is 184 g/mol. The first-order valence-corrected chi connectivity index (χ1v) is 5.56. The molecule has 0 saturated heterocycles. The monoisotopic (exact) mass is 202 g/mol. The molecule has 1 aromatic carbocycles. The molecule has 2 heteroatoms. The number of hydrogen-bond acceptors (Lipinski definition) is 1. The maximum Gasteiger partial charge on any atom is 0.0486 e. The van der Waals surface area contributed by atoms with Crippen molar-refractivity contribution in [3.05, 3.63) is 29.5 Å².